The SMILES string of the molecule is CCOCCCNCc1ccc(-c2ccc(OC)c(Cl)c2)o1.[Cl-]. The van der Waals surface area contributed by atoms with Crippen LogP contribution in [0, 0.1) is 0 Å². The first-order chi connectivity index (χ1) is 10.7. The van der Waals surface area contributed by atoms with Gasteiger partial charge in [0, 0.05) is 18.8 Å². The van der Waals surface area contributed by atoms with Crippen LogP contribution >= 0.6 is 11.6 Å². The normalized spacial score (nSPS) is 10.4. The monoisotopic (exact) mass is 358 g/mol. The first kappa shape index (κ1) is 19.8. The van der Waals surface area contributed by atoms with Crippen molar-refractivity contribution in [2.45, 2.75) is 19.9 Å². The third kappa shape index (κ3) is 6.07. The van der Waals surface area contributed by atoms with E-state index in [9.17, 15) is 0 Å². The lowest BCUT2D eigenvalue weighted by Crippen LogP contribution is -3.00. The van der Waals surface area contributed by atoms with Crippen molar-refractivity contribution in [2.75, 3.05) is 26.9 Å². The second-order valence-electron chi connectivity index (χ2n) is 4.84. The summed E-state index contributed by atoms with van der Waals surface area (Å²) in [6.45, 7) is 5.17. The number of furan rings is 1. The predicted octanol–water partition coefficient (Wildman–Crippen LogP) is 1.13. The Morgan fingerprint density at radius 2 is 2.04 bits per heavy atom. The molecule has 0 spiro atoms. The lowest BCUT2D eigenvalue weighted by molar-refractivity contribution is -0.00000616. The fourth-order valence-corrected chi connectivity index (χ4v) is 2.36. The highest BCUT2D eigenvalue weighted by Gasteiger charge is 2.08. The van der Waals surface area contributed by atoms with Crippen LogP contribution in [0.4, 0.5) is 0 Å². The van der Waals surface area contributed by atoms with Crippen LogP contribution in [0.3, 0.4) is 0 Å². The van der Waals surface area contributed by atoms with Gasteiger partial charge < -0.3 is 31.6 Å². The summed E-state index contributed by atoms with van der Waals surface area (Å²) in [7, 11) is 1.60. The summed E-state index contributed by atoms with van der Waals surface area (Å²) >= 11 is 6.14. The molecule has 0 radical (unpaired) electrons. The van der Waals surface area contributed by atoms with Gasteiger partial charge in [0.2, 0.25) is 0 Å². The quantitative estimate of drug-likeness (QED) is 0.682. The fourth-order valence-electron chi connectivity index (χ4n) is 2.10. The number of halogens is 2. The van der Waals surface area contributed by atoms with Crippen molar-refractivity contribution in [1.29, 1.82) is 0 Å². The standard InChI is InChI=1S/C17H22ClNO3.ClH/c1-3-21-10-4-9-19-12-14-6-8-16(22-14)13-5-7-17(20-2)15(18)11-13;/h5-8,11,19H,3-4,9-10,12H2,1-2H3;1H/p-1. The average Bonchev–Trinajstić information content (AvgIpc) is 2.99. The van der Waals surface area contributed by atoms with E-state index in [0.29, 0.717) is 17.3 Å². The van der Waals surface area contributed by atoms with Gasteiger partial charge in [-0.2, -0.15) is 0 Å². The van der Waals surface area contributed by atoms with E-state index in [1.54, 1.807) is 7.11 Å². The summed E-state index contributed by atoms with van der Waals surface area (Å²) in [5, 5.41) is 3.91. The van der Waals surface area contributed by atoms with E-state index in [2.05, 4.69) is 5.32 Å². The lowest BCUT2D eigenvalue weighted by atomic mass is 10.2. The molecule has 1 N–H and O–H groups in total. The minimum Gasteiger partial charge on any atom is -1.00 e. The third-order valence-corrected chi connectivity index (χ3v) is 3.54. The lowest BCUT2D eigenvalue weighted by Gasteiger charge is -2.05. The van der Waals surface area contributed by atoms with Gasteiger partial charge in [-0.25, -0.2) is 0 Å². The molecule has 0 saturated heterocycles. The van der Waals surface area contributed by atoms with E-state index in [1.807, 2.05) is 37.3 Å². The largest absolute Gasteiger partial charge is 1.00 e. The van der Waals surface area contributed by atoms with Crippen molar-refractivity contribution in [2.24, 2.45) is 0 Å². The van der Waals surface area contributed by atoms with Crippen molar-refractivity contribution in [3.05, 3.63) is 41.1 Å². The summed E-state index contributed by atoms with van der Waals surface area (Å²) in [6.07, 6.45) is 0.996. The van der Waals surface area contributed by atoms with Gasteiger partial charge in [0.05, 0.1) is 18.7 Å². The number of methoxy groups -OCH3 is 1. The molecule has 2 rings (SSSR count). The van der Waals surface area contributed by atoms with Crippen LogP contribution in [0.1, 0.15) is 19.1 Å². The summed E-state index contributed by atoms with van der Waals surface area (Å²) in [5.41, 5.74) is 0.938. The minimum atomic E-state index is 0. The van der Waals surface area contributed by atoms with Crippen LogP contribution in [-0.2, 0) is 11.3 Å². The maximum absolute atomic E-state index is 6.14. The zero-order valence-electron chi connectivity index (χ0n) is 13.4. The highest BCUT2D eigenvalue weighted by molar-refractivity contribution is 6.32. The molecular formula is C17H22Cl2NO3-. The molecule has 0 aliphatic rings. The molecular weight excluding hydrogens is 337 g/mol. The highest BCUT2D eigenvalue weighted by atomic mass is 35.5. The highest BCUT2D eigenvalue weighted by Crippen LogP contribution is 2.31. The second-order valence-corrected chi connectivity index (χ2v) is 5.25. The maximum atomic E-state index is 6.14. The van der Waals surface area contributed by atoms with Crippen molar-refractivity contribution in [1.82, 2.24) is 5.32 Å². The zero-order chi connectivity index (χ0) is 15.8. The van der Waals surface area contributed by atoms with Gasteiger partial charge in [0.25, 0.3) is 0 Å². The van der Waals surface area contributed by atoms with Gasteiger partial charge >= 0.3 is 0 Å². The third-order valence-electron chi connectivity index (χ3n) is 3.24. The molecule has 1 heterocycles. The Kier molecular flexibility index (Phi) is 9.10. The molecule has 23 heavy (non-hydrogen) atoms. The molecule has 4 nitrogen and oxygen atoms in total. The number of rotatable bonds is 9. The molecule has 0 atom stereocenters. The van der Waals surface area contributed by atoms with E-state index in [0.717, 1.165) is 43.3 Å². The summed E-state index contributed by atoms with van der Waals surface area (Å²) in [6, 6.07) is 9.55. The average molecular weight is 359 g/mol. The van der Waals surface area contributed by atoms with Crippen LogP contribution in [0.15, 0.2) is 34.7 Å². The number of benzene rings is 1. The van der Waals surface area contributed by atoms with Crippen LogP contribution in [0.25, 0.3) is 11.3 Å². The van der Waals surface area contributed by atoms with Gasteiger partial charge in [-0.1, -0.05) is 11.6 Å². The predicted molar refractivity (Wildman–Crippen MR) is 88.5 cm³/mol. The van der Waals surface area contributed by atoms with E-state index in [4.69, 9.17) is 25.5 Å². The Bertz CT molecular complexity index is 587. The van der Waals surface area contributed by atoms with Crippen molar-refractivity contribution < 1.29 is 26.3 Å². The molecule has 0 unspecified atom stereocenters. The van der Waals surface area contributed by atoms with Crippen LogP contribution in [0.5, 0.6) is 5.75 Å². The summed E-state index contributed by atoms with van der Waals surface area (Å²) in [4.78, 5) is 0. The van der Waals surface area contributed by atoms with Crippen molar-refractivity contribution in [3.63, 3.8) is 0 Å². The topological polar surface area (TPSA) is 43.6 Å². The number of nitrogens with one attached hydrogen (secondary N) is 1. The molecule has 1 aromatic carbocycles. The zero-order valence-corrected chi connectivity index (χ0v) is 14.9. The Labute approximate surface area is 148 Å². The van der Waals surface area contributed by atoms with Gasteiger partial charge in [-0.05, 0) is 50.2 Å². The molecule has 128 valence electrons. The smallest absolute Gasteiger partial charge is 0.137 e. The Morgan fingerprint density at radius 3 is 2.74 bits per heavy atom. The summed E-state index contributed by atoms with van der Waals surface area (Å²) in [5.74, 6) is 2.36. The minimum absolute atomic E-state index is 0. The van der Waals surface area contributed by atoms with E-state index >= 15 is 0 Å². The molecule has 0 aliphatic carbocycles. The van der Waals surface area contributed by atoms with Gasteiger partial charge in [-0.3, -0.25) is 0 Å². The first-order valence-electron chi connectivity index (χ1n) is 7.45. The van der Waals surface area contributed by atoms with Crippen molar-refractivity contribution >= 4 is 11.6 Å². The molecule has 0 amide bonds. The molecule has 0 aliphatic heterocycles. The number of ether oxygens (including phenoxy) is 2. The second kappa shape index (κ2) is 10.6. The number of hydrogen-bond acceptors (Lipinski definition) is 4. The van der Waals surface area contributed by atoms with Crippen LogP contribution in [-0.4, -0.2) is 26.9 Å². The Hall–Kier alpha value is -1.20. The van der Waals surface area contributed by atoms with E-state index < -0.39 is 0 Å². The van der Waals surface area contributed by atoms with Crippen LogP contribution in [0.2, 0.25) is 5.02 Å². The molecule has 0 saturated carbocycles. The van der Waals surface area contributed by atoms with Gasteiger partial charge in [-0.15, -0.1) is 0 Å². The first-order valence-corrected chi connectivity index (χ1v) is 7.83. The maximum Gasteiger partial charge on any atom is 0.137 e. The number of hydrogen-bond donors (Lipinski definition) is 1. The van der Waals surface area contributed by atoms with Gasteiger partial charge in [0.1, 0.15) is 17.3 Å². The molecule has 0 fully saturated rings. The Morgan fingerprint density at radius 1 is 1.22 bits per heavy atom. The van der Waals surface area contributed by atoms with Crippen LogP contribution < -0.4 is 22.5 Å². The fraction of sp³-hybridized carbons (Fsp3) is 0.412. The van der Waals surface area contributed by atoms with Crippen molar-refractivity contribution in [3.8, 4) is 17.1 Å². The molecule has 6 heteroatoms. The van der Waals surface area contributed by atoms with E-state index in [1.165, 1.54) is 0 Å². The summed E-state index contributed by atoms with van der Waals surface area (Å²) < 4.78 is 16.3. The molecule has 2 aromatic rings. The van der Waals surface area contributed by atoms with E-state index in [-0.39, 0.29) is 12.4 Å². The van der Waals surface area contributed by atoms with Gasteiger partial charge in [0.15, 0.2) is 0 Å². The Balaban J connectivity index is 0.00000264. The molecule has 1 aromatic heterocycles. The molecule has 0 bridgehead atoms.